The smallest absolute Gasteiger partial charge is 0.393 e. The topological polar surface area (TPSA) is 37.4 Å². The number of pyridine rings is 1. The Kier molecular flexibility index (Phi) is 6.02. The van der Waals surface area contributed by atoms with E-state index in [1.54, 1.807) is 24.5 Å². The molecule has 0 unspecified atom stereocenters. The Labute approximate surface area is 179 Å². The third-order valence-corrected chi connectivity index (χ3v) is 5.49. The highest BCUT2D eigenvalue weighted by atomic mass is 19.4. The van der Waals surface area contributed by atoms with Gasteiger partial charge in [0.1, 0.15) is 5.75 Å². The number of alkyl halides is 3. The largest absolute Gasteiger partial charge is 0.493 e. The number of hydrogen-bond donors (Lipinski definition) is 1. The molecule has 7 heteroatoms. The lowest BCUT2D eigenvalue weighted by Crippen LogP contribution is -2.21. The molecule has 1 aliphatic heterocycles. The summed E-state index contributed by atoms with van der Waals surface area (Å²) >= 11 is 0. The molecule has 0 fully saturated rings. The summed E-state index contributed by atoms with van der Waals surface area (Å²) in [5.41, 5.74) is 4.13. The number of hydrogen-bond acceptors (Lipinski definition) is 4. The molecule has 0 saturated heterocycles. The molecule has 2 heterocycles. The van der Waals surface area contributed by atoms with E-state index < -0.39 is 12.6 Å². The summed E-state index contributed by atoms with van der Waals surface area (Å²) in [6.45, 7) is 1.43. The lowest BCUT2D eigenvalue weighted by atomic mass is 9.92. The summed E-state index contributed by atoms with van der Waals surface area (Å²) in [4.78, 5) is 6.07. The summed E-state index contributed by atoms with van der Waals surface area (Å²) in [5.74, 6) is 1.17. The van der Waals surface area contributed by atoms with Gasteiger partial charge in [0.05, 0.1) is 18.7 Å². The molecule has 0 saturated carbocycles. The second-order valence-electron chi connectivity index (χ2n) is 7.70. The number of nitrogens with one attached hydrogen (secondary N) is 1. The normalized spacial score (nSPS) is 15.7. The number of rotatable bonds is 6. The maximum Gasteiger partial charge on any atom is 0.393 e. The van der Waals surface area contributed by atoms with Crippen LogP contribution in [0.1, 0.15) is 23.5 Å². The first kappa shape index (κ1) is 21.0. The van der Waals surface area contributed by atoms with E-state index in [4.69, 9.17) is 4.74 Å². The van der Waals surface area contributed by atoms with Gasteiger partial charge >= 0.3 is 6.18 Å². The molecule has 0 aliphatic carbocycles. The van der Waals surface area contributed by atoms with Crippen LogP contribution in [0.4, 0.5) is 30.2 Å². The number of ether oxygens (including phenoxy) is 1. The number of benzene rings is 2. The molecule has 4 rings (SSSR count). The zero-order valence-electron chi connectivity index (χ0n) is 17.2. The maximum atomic E-state index is 12.6. The fourth-order valence-electron chi connectivity index (χ4n) is 3.80. The SMILES string of the molecule is CN(c1ccc(CC(F)(F)F)cc1)c1ccc2c(c1)OCC[C@H]2CNc1cccnc1. The van der Waals surface area contributed by atoms with Gasteiger partial charge in [-0.2, -0.15) is 13.2 Å². The number of fused-ring (bicyclic) bond motifs is 1. The molecule has 0 radical (unpaired) electrons. The van der Waals surface area contributed by atoms with Crippen molar-refractivity contribution in [3.05, 3.63) is 78.1 Å². The summed E-state index contributed by atoms with van der Waals surface area (Å²) in [6.07, 6.45) is -0.644. The number of anilines is 3. The van der Waals surface area contributed by atoms with Crippen molar-refractivity contribution in [2.75, 3.05) is 30.4 Å². The van der Waals surface area contributed by atoms with Crippen LogP contribution in [0.3, 0.4) is 0 Å². The summed E-state index contributed by atoms with van der Waals surface area (Å²) in [5, 5.41) is 3.43. The maximum absolute atomic E-state index is 12.6. The van der Waals surface area contributed by atoms with Crippen LogP contribution in [-0.2, 0) is 6.42 Å². The molecule has 31 heavy (non-hydrogen) atoms. The van der Waals surface area contributed by atoms with Crippen molar-refractivity contribution in [2.24, 2.45) is 0 Å². The minimum Gasteiger partial charge on any atom is -0.493 e. The molecule has 4 nitrogen and oxygen atoms in total. The van der Waals surface area contributed by atoms with Gasteiger partial charge in [-0.15, -0.1) is 0 Å². The lowest BCUT2D eigenvalue weighted by molar-refractivity contribution is -0.127. The first-order valence-electron chi connectivity index (χ1n) is 10.2. The van der Waals surface area contributed by atoms with Crippen LogP contribution in [0.15, 0.2) is 67.0 Å². The minimum absolute atomic E-state index is 0.252. The molecule has 1 aliphatic rings. The first-order chi connectivity index (χ1) is 14.9. The van der Waals surface area contributed by atoms with E-state index in [0.29, 0.717) is 12.5 Å². The Morgan fingerprint density at radius 1 is 1.10 bits per heavy atom. The van der Waals surface area contributed by atoms with E-state index in [1.807, 2.05) is 36.2 Å². The molecular weight excluding hydrogens is 403 g/mol. The van der Waals surface area contributed by atoms with Gasteiger partial charge in [0.25, 0.3) is 0 Å². The van der Waals surface area contributed by atoms with Gasteiger partial charge in [-0.3, -0.25) is 4.98 Å². The molecule has 0 bridgehead atoms. The van der Waals surface area contributed by atoms with Gasteiger partial charge in [-0.1, -0.05) is 18.2 Å². The summed E-state index contributed by atoms with van der Waals surface area (Å²) in [7, 11) is 1.89. The molecule has 1 aromatic heterocycles. The van der Waals surface area contributed by atoms with E-state index in [0.717, 1.165) is 41.3 Å². The Morgan fingerprint density at radius 2 is 1.87 bits per heavy atom. The van der Waals surface area contributed by atoms with Gasteiger partial charge < -0.3 is 15.0 Å². The Bertz CT molecular complexity index is 1010. The molecular formula is C24H24F3N3O. The fraction of sp³-hybridized carbons (Fsp3) is 0.292. The standard InChI is InChI=1S/C24H24F3N3O/c1-30(20-6-4-17(5-7-20)14-24(25,26)27)21-8-9-22-18(10-12-31-23(22)13-21)15-29-19-3-2-11-28-16-19/h2-9,11,13,16,18,29H,10,12,14-15H2,1H3/t18-/m0/s1. The molecule has 3 aromatic rings. The van der Waals surface area contributed by atoms with Crippen molar-refractivity contribution in [1.82, 2.24) is 4.98 Å². The monoisotopic (exact) mass is 427 g/mol. The fourth-order valence-corrected chi connectivity index (χ4v) is 3.80. The number of nitrogens with zero attached hydrogens (tertiary/aromatic N) is 2. The zero-order chi connectivity index (χ0) is 21.8. The van der Waals surface area contributed by atoms with E-state index >= 15 is 0 Å². The van der Waals surface area contributed by atoms with E-state index in [-0.39, 0.29) is 5.56 Å². The van der Waals surface area contributed by atoms with Crippen LogP contribution in [0.2, 0.25) is 0 Å². The van der Waals surface area contributed by atoms with Crippen molar-refractivity contribution in [3.8, 4) is 5.75 Å². The molecule has 2 aromatic carbocycles. The summed E-state index contributed by atoms with van der Waals surface area (Å²) in [6, 6.07) is 16.5. The third kappa shape index (κ3) is 5.29. The second kappa shape index (κ2) is 8.88. The molecule has 0 spiro atoms. The van der Waals surface area contributed by atoms with Crippen molar-refractivity contribution in [2.45, 2.75) is 24.9 Å². The van der Waals surface area contributed by atoms with E-state index in [2.05, 4.69) is 16.4 Å². The average Bonchev–Trinajstić information content (AvgIpc) is 2.77. The van der Waals surface area contributed by atoms with Crippen LogP contribution in [0.25, 0.3) is 0 Å². The van der Waals surface area contributed by atoms with Crippen molar-refractivity contribution < 1.29 is 17.9 Å². The summed E-state index contributed by atoms with van der Waals surface area (Å²) < 4.78 is 43.6. The van der Waals surface area contributed by atoms with Crippen LogP contribution in [-0.4, -0.2) is 31.4 Å². The molecule has 1 atom stereocenters. The Balaban J connectivity index is 1.47. The highest BCUT2D eigenvalue weighted by Gasteiger charge is 2.27. The number of halogens is 3. The Hall–Kier alpha value is -3.22. The lowest BCUT2D eigenvalue weighted by Gasteiger charge is -2.28. The van der Waals surface area contributed by atoms with Crippen molar-refractivity contribution >= 4 is 17.1 Å². The predicted molar refractivity (Wildman–Crippen MR) is 116 cm³/mol. The van der Waals surface area contributed by atoms with Gasteiger partial charge in [-0.25, -0.2) is 0 Å². The van der Waals surface area contributed by atoms with Crippen LogP contribution < -0.4 is 15.0 Å². The van der Waals surface area contributed by atoms with Gasteiger partial charge in [-0.05, 0) is 47.9 Å². The number of aromatic nitrogens is 1. The quantitative estimate of drug-likeness (QED) is 0.529. The second-order valence-corrected chi connectivity index (χ2v) is 7.70. The van der Waals surface area contributed by atoms with Crippen LogP contribution >= 0.6 is 0 Å². The predicted octanol–water partition coefficient (Wildman–Crippen LogP) is 5.93. The van der Waals surface area contributed by atoms with E-state index in [1.165, 1.54) is 12.1 Å². The van der Waals surface area contributed by atoms with Gasteiger partial charge in [0, 0.05) is 49.3 Å². The van der Waals surface area contributed by atoms with Crippen molar-refractivity contribution in [3.63, 3.8) is 0 Å². The highest BCUT2D eigenvalue weighted by molar-refractivity contribution is 5.65. The van der Waals surface area contributed by atoms with E-state index in [9.17, 15) is 13.2 Å². The highest BCUT2D eigenvalue weighted by Crippen LogP contribution is 2.38. The Morgan fingerprint density at radius 3 is 2.58 bits per heavy atom. The van der Waals surface area contributed by atoms with Crippen LogP contribution in [0, 0.1) is 0 Å². The molecule has 1 N–H and O–H groups in total. The third-order valence-electron chi connectivity index (χ3n) is 5.49. The minimum atomic E-state index is -4.20. The molecule has 0 amide bonds. The zero-order valence-corrected chi connectivity index (χ0v) is 17.2. The van der Waals surface area contributed by atoms with Crippen LogP contribution in [0.5, 0.6) is 5.75 Å². The van der Waals surface area contributed by atoms with Gasteiger partial charge in [0.15, 0.2) is 0 Å². The molecule has 162 valence electrons. The first-order valence-corrected chi connectivity index (χ1v) is 10.2. The van der Waals surface area contributed by atoms with Gasteiger partial charge in [0.2, 0.25) is 0 Å². The van der Waals surface area contributed by atoms with Crippen molar-refractivity contribution in [1.29, 1.82) is 0 Å². The average molecular weight is 427 g/mol.